The van der Waals surface area contributed by atoms with E-state index < -0.39 is 11.7 Å². The highest BCUT2D eigenvalue weighted by Gasteiger charge is 2.13. The largest absolute Gasteiger partial charge is 0.496 e. The maximum absolute atomic E-state index is 13.9. The molecule has 0 saturated carbocycles. The Bertz CT molecular complexity index is 1040. The van der Waals surface area contributed by atoms with E-state index in [-0.39, 0.29) is 17.1 Å². The SMILES string of the molecule is COc1ccc(-c2cccc(C=O)c2)cc1CNC(=O)c1ccc(Cl)cc1F. The van der Waals surface area contributed by atoms with Crippen molar-refractivity contribution in [2.75, 3.05) is 7.11 Å². The topological polar surface area (TPSA) is 55.4 Å². The number of carbonyl (C=O) groups excluding carboxylic acids is 2. The second-order valence-corrected chi connectivity index (χ2v) is 6.51. The van der Waals surface area contributed by atoms with Crippen LogP contribution < -0.4 is 10.1 Å². The minimum atomic E-state index is -0.684. The Morgan fingerprint density at radius 3 is 2.61 bits per heavy atom. The average Bonchev–Trinajstić information content (AvgIpc) is 2.71. The molecule has 4 nitrogen and oxygen atoms in total. The Balaban J connectivity index is 1.84. The number of benzene rings is 3. The van der Waals surface area contributed by atoms with Crippen LogP contribution in [0.5, 0.6) is 5.75 Å². The van der Waals surface area contributed by atoms with Gasteiger partial charge in [-0.3, -0.25) is 9.59 Å². The van der Waals surface area contributed by atoms with Crippen LogP contribution in [0.2, 0.25) is 5.02 Å². The molecule has 142 valence electrons. The van der Waals surface area contributed by atoms with E-state index in [1.807, 2.05) is 18.2 Å². The lowest BCUT2D eigenvalue weighted by Gasteiger charge is -2.13. The van der Waals surface area contributed by atoms with Crippen LogP contribution in [-0.2, 0) is 6.54 Å². The fourth-order valence-corrected chi connectivity index (χ4v) is 2.99. The van der Waals surface area contributed by atoms with Crippen LogP contribution in [0.15, 0.2) is 60.7 Å². The smallest absolute Gasteiger partial charge is 0.254 e. The molecule has 3 aromatic carbocycles. The number of carbonyl (C=O) groups is 2. The number of amides is 1. The molecule has 0 radical (unpaired) electrons. The number of rotatable bonds is 6. The Morgan fingerprint density at radius 2 is 1.89 bits per heavy atom. The highest BCUT2D eigenvalue weighted by molar-refractivity contribution is 6.30. The van der Waals surface area contributed by atoms with E-state index in [0.717, 1.165) is 29.0 Å². The van der Waals surface area contributed by atoms with Gasteiger partial charge in [0.05, 0.1) is 12.7 Å². The molecule has 0 atom stereocenters. The molecular formula is C22H17ClFNO3. The molecule has 0 bridgehead atoms. The van der Waals surface area contributed by atoms with Gasteiger partial charge in [-0.1, -0.05) is 35.9 Å². The predicted octanol–water partition coefficient (Wildman–Crippen LogP) is 4.90. The van der Waals surface area contributed by atoms with Crippen LogP contribution in [-0.4, -0.2) is 19.3 Å². The fourth-order valence-electron chi connectivity index (χ4n) is 2.83. The lowest BCUT2D eigenvalue weighted by atomic mass is 10.0. The first-order valence-electron chi connectivity index (χ1n) is 8.47. The van der Waals surface area contributed by atoms with Crippen LogP contribution in [0.4, 0.5) is 4.39 Å². The van der Waals surface area contributed by atoms with E-state index in [4.69, 9.17) is 16.3 Å². The van der Waals surface area contributed by atoms with Gasteiger partial charge in [0.25, 0.3) is 5.91 Å². The Hall–Kier alpha value is -3.18. The van der Waals surface area contributed by atoms with Crippen molar-refractivity contribution in [3.8, 4) is 16.9 Å². The molecule has 0 spiro atoms. The summed E-state index contributed by atoms with van der Waals surface area (Å²) in [5.41, 5.74) is 2.94. The first kappa shape index (κ1) is 19.6. The summed E-state index contributed by atoms with van der Waals surface area (Å²) >= 11 is 5.72. The molecule has 1 N–H and O–H groups in total. The quantitative estimate of drug-likeness (QED) is 0.602. The van der Waals surface area contributed by atoms with E-state index in [0.29, 0.717) is 11.3 Å². The molecule has 0 aromatic heterocycles. The van der Waals surface area contributed by atoms with Crippen molar-refractivity contribution in [2.45, 2.75) is 6.54 Å². The molecule has 0 aliphatic heterocycles. The second kappa shape index (κ2) is 8.67. The Morgan fingerprint density at radius 1 is 1.11 bits per heavy atom. The monoisotopic (exact) mass is 397 g/mol. The van der Waals surface area contributed by atoms with Crippen molar-refractivity contribution < 1.29 is 18.7 Å². The van der Waals surface area contributed by atoms with E-state index in [9.17, 15) is 14.0 Å². The van der Waals surface area contributed by atoms with Crippen LogP contribution in [0.3, 0.4) is 0 Å². The van der Waals surface area contributed by atoms with Gasteiger partial charge in [0.15, 0.2) is 0 Å². The van der Waals surface area contributed by atoms with Gasteiger partial charge in [-0.15, -0.1) is 0 Å². The van der Waals surface area contributed by atoms with Gasteiger partial charge in [-0.25, -0.2) is 4.39 Å². The van der Waals surface area contributed by atoms with Gasteiger partial charge in [0.2, 0.25) is 0 Å². The zero-order chi connectivity index (χ0) is 20.1. The Labute approximate surface area is 166 Å². The molecule has 6 heteroatoms. The van der Waals surface area contributed by atoms with E-state index in [1.165, 1.54) is 19.2 Å². The summed E-state index contributed by atoms with van der Waals surface area (Å²) < 4.78 is 19.3. The molecule has 0 aliphatic rings. The summed E-state index contributed by atoms with van der Waals surface area (Å²) in [5, 5.41) is 2.92. The first-order chi connectivity index (χ1) is 13.5. The molecule has 3 rings (SSSR count). The number of nitrogens with one attached hydrogen (secondary N) is 1. The molecular weight excluding hydrogens is 381 g/mol. The third kappa shape index (κ3) is 4.38. The van der Waals surface area contributed by atoms with Crippen LogP contribution in [0.25, 0.3) is 11.1 Å². The van der Waals surface area contributed by atoms with E-state index in [2.05, 4.69) is 5.32 Å². The lowest BCUT2D eigenvalue weighted by Crippen LogP contribution is -2.24. The normalized spacial score (nSPS) is 10.4. The van der Waals surface area contributed by atoms with Crippen molar-refractivity contribution in [2.24, 2.45) is 0 Å². The van der Waals surface area contributed by atoms with Crippen molar-refractivity contribution in [3.05, 3.63) is 88.2 Å². The summed E-state index contributed by atoms with van der Waals surface area (Å²) in [7, 11) is 1.53. The van der Waals surface area contributed by atoms with E-state index >= 15 is 0 Å². The third-order valence-corrected chi connectivity index (χ3v) is 4.49. The fraction of sp³-hybridized carbons (Fsp3) is 0.0909. The van der Waals surface area contributed by atoms with Crippen molar-refractivity contribution in [1.82, 2.24) is 5.32 Å². The van der Waals surface area contributed by atoms with Crippen molar-refractivity contribution in [1.29, 1.82) is 0 Å². The number of aldehydes is 1. The molecule has 0 heterocycles. The summed E-state index contributed by atoms with van der Waals surface area (Å²) in [5.74, 6) is -0.645. The Kier molecular flexibility index (Phi) is 6.06. The van der Waals surface area contributed by atoms with Gasteiger partial charge in [-0.2, -0.15) is 0 Å². The van der Waals surface area contributed by atoms with Crippen molar-refractivity contribution in [3.63, 3.8) is 0 Å². The van der Waals surface area contributed by atoms with Gasteiger partial charge in [-0.05, 0) is 47.5 Å². The van der Waals surface area contributed by atoms with Crippen molar-refractivity contribution >= 4 is 23.8 Å². The summed E-state index contributed by atoms with van der Waals surface area (Å²) in [6.45, 7) is 0.144. The maximum Gasteiger partial charge on any atom is 0.254 e. The maximum atomic E-state index is 13.9. The standard InChI is InChI=1S/C22H17ClFNO3/c1-28-21-8-5-16(15-4-2-3-14(9-15)13-26)10-17(21)12-25-22(27)19-7-6-18(23)11-20(19)24/h2-11,13H,12H2,1H3,(H,25,27). The predicted molar refractivity (Wildman–Crippen MR) is 106 cm³/mol. The number of hydrogen-bond donors (Lipinski definition) is 1. The zero-order valence-electron chi connectivity index (χ0n) is 15.0. The van der Waals surface area contributed by atoms with Crippen LogP contribution in [0.1, 0.15) is 26.3 Å². The van der Waals surface area contributed by atoms with Gasteiger partial charge in [0.1, 0.15) is 17.9 Å². The molecule has 1 amide bonds. The van der Waals surface area contributed by atoms with Gasteiger partial charge < -0.3 is 10.1 Å². The lowest BCUT2D eigenvalue weighted by molar-refractivity contribution is 0.0946. The average molecular weight is 398 g/mol. The van der Waals surface area contributed by atoms with E-state index in [1.54, 1.807) is 24.3 Å². The van der Waals surface area contributed by atoms with Crippen LogP contribution in [0, 0.1) is 5.82 Å². The first-order valence-corrected chi connectivity index (χ1v) is 8.85. The minimum absolute atomic E-state index is 0.0850. The number of halogens is 2. The molecule has 0 saturated heterocycles. The number of ether oxygens (including phenoxy) is 1. The molecule has 28 heavy (non-hydrogen) atoms. The number of hydrogen-bond acceptors (Lipinski definition) is 3. The number of methoxy groups -OCH3 is 1. The summed E-state index contributed by atoms with van der Waals surface area (Å²) in [6, 6.07) is 16.6. The molecule has 0 fully saturated rings. The second-order valence-electron chi connectivity index (χ2n) is 6.08. The van der Waals surface area contributed by atoms with Crippen LogP contribution >= 0.6 is 11.6 Å². The third-order valence-electron chi connectivity index (χ3n) is 4.25. The minimum Gasteiger partial charge on any atom is -0.496 e. The highest BCUT2D eigenvalue weighted by Crippen LogP contribution is 2.27. The molecule has 0 unspecified atom stereocenters. The molecule has 0 aliphatic carbocycles. The summed E-state index contributed by atoms with van der Waals surface area (Å²) in [6.07, 6.45) is 0.787. The van der Waals surface area contributed by atoms with Gasteiger partial charge in [0, 0.05) is 22.7 Å². The zero-order valence-corrected chi connectivity index (χ0v) is 15.8. The highest BCUT2D eigenvalue weighted by atomic mass is 35.5. The molecule has 3 aromatic rings. The van der Waals surface area contributed by atoms with Gasteiger partial charge >= 0.3 is 0 Å². The summed E-state index contributed by atoms with van der Waals surface area (Å²) in [4.78, 5) is 23.3.